The predicted octanol–water partition coefficient (Wildman–Crippen LogP) is 2.26. The van der Waals surface area contributed by atoms with Gasteiger partial charge in [0, 0.05) is 0 Å². The van der Waals surface area contributed by atoms with Crippen molar-refractivity contribution in [2.45, 2.75) is 6.92 Å². The van der Waals surface area contributed by atoms with Gasteiger partial charge in [-0.15, -0.1) is 0 Å². The highest BCUT2D eigenvalue weighted by molar-refractivity contribution is 6.33. The molecule has 1 rings (SSSR count). The number of nitrogens with zero attached hydrogens (tertiary/aromatic N) is 1. The fourth-order valence-corrected chi connectivity index (χ4v) is 1.23. The second-order valence-electron chi connectivity index (χ2n) is 2.37. The van der Waals surface area contributed by atoms with Crippen molar-refractivity contribution in [2.75, 3.05) is 0 Å². The third-order valence-electron chi connectivity index (χ3n) is 1.37. The van der Waals surface area contributed by atoms with E-state index in [0.717, 1.165) is 0 Å². The van der Waals surface area contributed by atoms with E-state index in [1.165, 1.54) is 12.1 Å². The number of nitro benzene ring substituents is 1. The molecule has 0 amide bonds. The van der Waals surface area contributed by atoms with Crippen LogP contribution < -0.4 is 0 Å². The van der Waals surface area contributed by atoms with Crippen LogP contribution in [0.5, 0.6) is 5.75 Å². The maximum Gasteiger partial charge on any atom is 0.329 e. The number of phenolic OH excluding ortho intramolecular Hbond substituents is 1. The second-order valence-corrected chi connectivity index (χ2v) is 2.78. The molecule has 0 aromatic heterocycles. The van der Waals surface area contributed by atoms with Gasteiger partial charge in [0.15, 0.2) is 5.75 Å². The van der Waals surface area contributed by atoms with E-state index >= 15 is 0 Å². The van der Waals surface area contributed by atoms with E-state index < -0.39 is 16.4 Å². The van der Waals surface area contributed by atoms with Gasteiger partial charge in [-0.05, 0) is 24.6 Å². The Hall–Kier alpha value is -1.29. The molecule has 0 radical (unpaired) electrons. The highest BCUT2D eigenvalue weighted by Crippen LogP contribution is 2.34. The second kappa shape index (κ2) is 2.98. The first-order chi connectivity index (χ1) is 5.52. The SMILES string of the molecule is Cc1cc(O)c([N+](=O)[O-])c(Cl)c1. The smallest absolute Gasteiger partial charge is 0.329 e. The summed E-state index contributed by atoms with van der Waals surface area (Å²) in [5, 5.41) is 19.4. The van der Waals surface area contributed by atoms with Crippen molar-refractivity contribution in [1.82, 2.24) is 0 Å². The van der Waals surface area contributed by atoms with Gasteiger partial charge in [0.1, 0.15) is 5.02 Å². The van der Waals surface area contributed by atoms with Crippen molar-refractivity contribution < 1.29 is 10.0 Å². The quantitative estimate of drug-likeness (QED) is 0.542. The highest BCUT2D eigenvalue weighted by Gasteiger charge is 2.18. The first-order valence-corrected chi connectivity index (χ1v) is 3.53. The fourth-order valence-electron chi connectivity index (χ4n) is 0.897. The number of aromatic hydroxyl groups is 1. The average Bonchev–Trinajstić information content (AvgIpc) is 1.82. The van der Waals surface area contributed by atoms with E-state index in [9.17, 15) is 10.1 Å². The summed E-state index contributed by atoms with van der Waals surface area (Å²) >= 11 is 5.53. The van der Waals surface area contributed by atoms with Crippen molar-refractivity contribution in [3.63, 3.8) is 0 Å². The molecule has 4 nitrogen and oxygen atoms in total. The Morgan fingerprint density at radius 2 is 2.17 bits per heavy atom. The van der Waals surface area contributed by atoms with Gasteiger partial charge in [-0.25, -0.2) is 0 Å². The zero-order valence-electron chi connectivity index (χ0n) is 6.24. The molecule has 0 saturated carbocycles. The maximum absolute atomic E-state index is 10.3. The highest BCUT2D eigenvalue weighted by atomic mass is 35.5. The molecule has 12 heavy (non-hydrogen) atoms. The third-order valence-corrected chi connectivity index (χ3v) is 1.66. The summed E-state index contributed by atoms with van der Waals surface area (Å²) in [6.45, 7) is 1.69. The van der Waals surface area contributed by atoms with Gasteiger partial charge >= 0.3 is 5.69 Å². The maximum atomic E-state index is 10.3. The Morgan fingerprint density at radius 3 is 2.58 bits per heavy atom. The molecule has 1 aromatic carbocycles. The Bertz CT molecular complexity index is 314. The lowest BCUT2D eigenvalue weighted by atomic mass is 10.2. The van der Waals surface area contributed by atoms with Crippen LogP contribution in [0, 0.1) is 17.0 Å². The van der Waals surface area contributed by atoms with Gasteiger partial charge < -0.3 is 5.11 Å². The minimum Gasteiger partial charge on any atom is -0.502 e. The topological polar surface area (TPSA) is 63.4 Å². The van der Waals surface area contributed by atoms with E-state index in [4.69, 9.17) is 16.7 Å². The minimum atomic E-state index is -0.711. The lowest BCUT2D eigenvalue weighted by Crippen LogP contribution is -1.90. The minimum absolute atomic E-state index is 0.0440. The molecule has 1 N–H and O–H groups in total. The summed E-state index contributed by atoms with van der Waals surface area (Å²) in [4.78, 5) is 9.60. The summed E-state index contributed by atoms with van der Waals surface area (Å²) in [6.07, 6.45) is 0. The Balaban J connectivity index is 3.38. The van der Waals surface area contributed by atoms with Crippen LogP contribution in [0.25, 0.3) is 0 Å². The molecule has 5 heteroatoms. The molecule has 0 aliphatic heterocycles. The van der Waals surface area contributed by atoms with Crippen LogP contribution in [0.4, 0.5) is 5.69 Å². The molecule has 0 aliphatic carbocycles. The molecular weight excluding hydrogens is 182 g/mol. The van der Waals surface area contributed by atoms with E-state index in [0.29, 0.717) is 5.56 Å². The van der Waals surface area contributed by atoms with Crippen molar-refractivity contribution >= 4 is 17.3 Å². The summed E-state index contributed by atoms with van der Waals surface area (Å²) < 4.78 is 0. The number of aryl methyl sites for hydroxylation is 1. The van der Waals surface area contributed by atoms with E-state index in [1.54, 1.807) is 6.92 Å². The number of hydrogen-bond acceptors (Lipinski definition) is 3. The number of halogens is 1. The number of hydrogen-bond donors (Lipinski definition) is 1. The van der Waals surface area contributed by atoms with Gasteiger partial charge in [0.25, 0.3) is 0 Å². The fraction of sp³-hybridized carbons (Fsp3) is 0.143. The number of nitro groups is 1. The Kier molecular flexibility index (Phi) is 2.19. The van der Waals surface area contributed by atoms with Gasteiger partial charge in [-0.2, -0.15) is 0 Å². The van der Waals surface area contributed by atoms with Crippen molar-refractivity contribution in [3.05, 3.63) is 32.8 Å². The molecule has 64 valence electrons. The zero-order valence-corrected chi connectivity index (χ0v) is 7.00. The molecule has 0 unspecified atom stereocenters. The number of phenols is 1. The van der Waals surface area contributed by atoms with Crippen LogP contribution in [0.2, 0.25) is 5.02 Å². The summed E-state index contributed by atoms with van der Waals surface area (Å²) in [6, 6.07) is 2.73. The van der Waals surface area contributed by atoms with Gasteiger partial charge in [0.05, 0.1) is 4.92 Å². The molecule has 1 aromatic rings. The monoisotopic (exact) mass is 187 g/mol. The van der Waals surface area contributed by atoms with Crippen LogP contribution in [0.3, 0.4) is 0 Å². The molecule has 0 bridgehead atoms. The van der Waals surface area contributed by atoms with Crippen LogP contribution in [-0.2, 0) is 0 Å². The zero-order chi connectivity index (χ0) is 9.30. The Labute approximate surface area is 73.5 Å². The molecular formula is C7H6ClNO3. The largest absolute Gasteiger partial charge is 0.502 e. The summed E-state index contributed by atoms with van der Waals surface area (Å²) in [7, 11) is 0. The van der Waals surface area contributed by atoms with Gasteiger partial charge in [0.2, 0.25) is 0 Å². The molecule has 0 spiro atoms. The molecule has 0 fully saturated rings. The standard InChI is InChI=1S/C7H6ClNO3/c1-4-2-5(8)7(9(11)12)6(10)3-4/h2-3,10H,1H3. The number of benzene rings is 1. The normalized spacial score (nSPS) is 9.83. The lowest BCUT2D eigenvalue weighted by Gasteiger charge is -1.99. The average molecular weight is 188 g/mol. The van der Waals surface area contributed by atoms with Gasteiger partial charge in [-0.1, -0.05) is 11.6 Å². The number of rotatable bonds is 1. The van der Waals surface area contributed by atoms with Gasteiger partial charge in [-0.3, -0.25) is 10.1 Å². The predicted molar refractivity (Wildman–Crippen MR) is 44.5 cm³/mol. The van der Waals surface area contributed by atoms with E-state index in [-0.39, 0.29) is 5.02 Å². The van der Waals surface area contributed by atoms with Crippen LogP contribution in [0.15, 0.2) is 12.1 Å². The molecule has 0 heterocycles. The van der Waals surface area contributed by atoms with Crippen LogP contribution in [-0.4, -0.2) is 10.0 Å². The first-order valence-electron chi connectivity index (χ1n) is 3.16. The molecule has 0 aliphatic rings. The summed E-state index contributed by atoms with van der Waals surface area (Å²) in [5.41, 5.74) is 0.241. The first kappa shape index (κ1) is 8.80. The third kappa shape index (κ3) is 1.48. The van der Waals surface area contributed by atoms with Crippen molar-refractivity contribution in [3.8, 4) is 5.75 Å². The summed E-state index contributed by atoms with van der Waals surface area (Å²) in [5.74, 6) is -0.398. The van der Waals surface area contributed by atoms with Crippen molar-refractivity contribution in [2.24, 2.45) is 0 Å². The van der Waals surface area contributed by atoms with Crippen LogP contribution in [0.1, 0.15) is 5.56 Å². The van der Waals surface area contributed by atoms with E-state index in [2.05, 4.69) is 0 Å². The van der Waals surface area contributed by atoms with Crippen LogP contribution >= 0.6 is 11.6 Å². The molecule has 0 saturated heterocycles. The Morgan fingerprint density at radius 1 is 1.58 bits per heavy atom. The molecule has 0 atom stereocenters. The van der Waals surface area contributed by atoms with E-state index in [1.807, 2.05) is 0 Å². The lowest BCUT2D eigenvalue weighted by molar-refractivity contribution is -0.385. The van der Waals surface area contributed by atoms with Crippen molar-refractivity contribution in [1.29, 1.82) is 0 Å².